The summed E-state index contributed by atoms with van der Waals surface area (Å²) in [7, 11) is 0. The van der Waals surface area contributed by atoms with Crippen molar-refractivity contribution < 1.29 is 4.39 Å². The van der Waals surface area contributed by atoms with Gasteiger partial charge in [-0.05, 0) is 50.0 Å². The quantitative estimate of drug-likeness (QED) is 0.748. The van der Waals surface area contributed by atoms with Gasteiger partial charge in [-0.2, -0.15) is 0 Å². The zero-order valence-electron chi connectivity index (χ0n) is 8.55. The van der Waals surface area contributed by atoms with Crippen molar-refractivity contribution in [1.29, 1.82) is 0 Å². The summed E-state index contributed by atoms with van der Waals surface area (Å²) in [5.74, 6) is -0.322. The number of benzene rings is 1. The highest BCUT2D eigenvalue weighted by molar-refractivity contribution is 6.30. The highest BCUT2D eigenvalue weighted by Crippen LogP contribution is 2.18. The van der Waals surface area contributed by atoms with Gasteiger partial charge in [0, 0.05) is 6.54 Å². The molecular weight excluding hydrogens is 213 g/mol. The van der Waals surface area contributed by atoms with Crippen molar-refractivity contribution >= 4 is 11.6 Å². The largest absolute Gasteiger partial charge is 0.299 e. The topological polar surface area (TPSA) is 3.24 Å². The van der Waals surface area contributed by atoms with Gasteiger partial charge < -0.3 is 0 Å². The first-order valence-corrected chi connectivity index (χ1v) is 5.61. The standard InChI is InChI=1S/C12H14ClFN/c13-11-5-4-10(8-12(11)14)9-15-6-2-1-3-7-15/h1,4-5,8H,2-3,6-7,9H2. The maximum absolute atomic E-state index is 13.2. The Kier molecular flexibility index (Phi) is 3.60. The van der Waals surface area contributed by atoms with Crippen molar-refractivity contribution in [2.24, 2.45) is 0 Å². The second-order valence-corrected chi connectivity index (χ2v) is 4.30. The van der Waals surface area contributed by atoms with E-state index in [1.54, 1.807) is 6.07 Å². The monoisotopic (exact) mass is 226 g/mol. The number of hydrogen-bond donors (Lipinski definition) is 0. The van der Waals surface area contributed by atoms with Crippen molar-refractivity contribution in [1.82, 2.24) is 4.90 Å². The van der Waals surface area contributed by atoms with Crippen LogP contribution >= 0.6 is 11.6 Å². The summed E-state index contributed by atoms with van der Waals surface area (Å²) >= 11 is 5.63. The minimum Gasteiger partial charge on any atom is -0.299 e. The van der Waals surface area contributed by atoms with Crippen LogP contribution in [0.1, 0.15) is 18.4 Å². The lowest BCUT2D eigenvalue weighted by Gasteiger charge is -2.26. The van der Waals surface area contributed by atoms with Gasteiger partial charge in [0.15, 0.2) is 0 Å². The maximum atomic E-state index is 13.2. The Bertz CT molecular complexity index is 334. The van der Waals surface area contributed by atoms with E-state index in [1.807, 2.05) is 6.07 Å². The number of rotatable bonds is 2. The Hall–Kier alpha value is -0.600. The van der Waals surface area contributed by atoms with Crippen molar-refractivity contribution in [3.8, 4) is 0 Å². The van der Waals surface area contributed by atoms with Crippen molar-refractivity contribution in [2.45, 2.75) is 19.4 Å². The van der Waals surface area contributed by atoms with Crippen molar-refractivity contribution in [3.63, 3.8) is 0 Å². The van der Waals surface area contributed by atoms with Gasteiger partial charge >= 0.3 is 0 Å². The van der Waals surface area contributed by atoms with E-state index in [0.29, 0.717) is 0 Å². The molecule has 0 aliphatic carbocycles. The zero-order valence-corrected chi connectivity index (χ0v) is 9.30. The average molecular weight is 227 g/mol. The van der Waals surface area contributed by atoms with Crippen LogP contribution in [0.2, 0.25) is 5.02 Å². The van der Waals surface area contributed by atoms with Gasteiger partial charge in [-0.1, -0.05) is 17.7 Å². The third-order valence-corrected chi connectivity index (χ3v) is 3.00. The molecule has 1 saturated heterocycles. The van der Waals surface area contributed by atoms with Gasteiger partial charge in [0.1, 0.15) is 5.82 Å². The molecule has 0 bridgehead atoms. The normalized spacial score (nSPS) is 18.0. The lowest BCUT2D eigenvalue weighted by atomic mass is 10.1. The van der Waals surface area contributed by atoms with E-state index in [4.69, 9.17) is 11.6 Å². The maximum Gasteiger partial charge on any atom is 0.142 e. The molecule has 1 nitrogen and oxygen atoms in total. The molecule has 81 valence electrons. The fourth-order valence-corrected chi connectivity index (χ4v) is 1.98. The Balaban J connectivity index is 2.00. The number of hydrogen-bond acceptors (Lipinski definition) is 1. The fourth-order valence-electron chi connectivity index (χ4n) is 1.86. The van der Waals surface area contributed by atoms with Gasteiger partial charge in [0.25, 0.3) is 0 Å². The highest BCUT2D eigenvalue weighted by Gasteiger charge is 2.11. The predicted molar refractivity (Wildman–Crippen MR) is 60.2 cm³/mol. The van der Waals surface area contributed by atoms with E-state index >= 15 is 0 Å². The van der Waals surface area contributed by atoms with Crippen LogP contribution in [0, 0.1) is 12.2 Å². The van der Waals surface area contributed by atoms with Crippen LogP contribution in [0.25, 0.3) is 0 Å². The molecule has 2 rings (SSSR count). The van der Waals surface area contributed by atoms with Gasteiger partial charge in [-0.25, -0.2) is 4.39 Å². The molecule has 0 saturated carbocycles. The minimum absolute atomic E-state index is 0.200. The second-order valence-electron chi connectivity index (χ2n) is 3.89. The van der Waals surface area contributed by atoms with Crippen molar-refractivity contribution in [3.05, 3.63) is 41.0 Å². The second kappa shape index (κ2) is 4.95. The Morgan fingerprint density at radius 1 is 1.27 bits per heavy atom. The molecule has 3 heteroatoms. The highest BCUT2D eigenvalue weighted by atomic mass is 35.5. The summed E-state index contributed by atoms with van der Waals surface area (Å²) < 4.78 is 13.2. The molecule has 0 N–H and O–H groups in total. The Labute approximate surface area is 94.8 Å². The molecule has 0 unspecified atom stereocenters. The molecule has 0 spiro atoms. The Morgan fingerprint density at radius 3 is 2.67 bits per heavy atom. The van der Waals surface area contributed by atoms with Crippen LogP contribution in [0.4, 0.5) is 4.39 Å². The molecule has 1 aliphatic rings. The lowest BCUT2D eigenvalue weighted by Crippen LogP contribution is -2.29. The molecule has 1 aromatic rings. The molecule has 1 aromatic carbocycles. The number of likely N-dealkylation sites (tertiary alicyclic amines) is 1. The molecular formula is C12H14ClFN. The number of nitrogens with zero attached hydrogens (tertiary/aromatic N) is 1. The summed E-state index contributed by atoms with van der Waals surface area (Å²) in [5.41, 5.74) is 0.999. The van der Waals surface area contributed by atoms with E-state index in [-0.39, 0.29) is 10.8 Å². The van der Waals surface area contributed by atoms with Crippen molar-refractivity contribution in [2.75, 3.05) is 13.1 Å². The van der Waals surface area contributed by atoms with Gasteiger partial charge in [-0.15, -0.1) is 0 Å². The average Bonchev–Trinajstić information content (AvgIpc) is 2.25. The summed E-state index contributed by atoms with van der Waals surface area (Å²) in [6, 6.07) is 5.05. The summed E-state index contributed by atoms with van der Waals surface area (Å²) in [4.78, 5) is 2.34. The number of piperidine rings is 1. The molecule has 0 atom stereocenters. The first kappa shape index (κ1) is 10.9. The van der Waals surface area contributed by atoms with Crippen LogP contribution in [0.15, 0.2) is 18.2 Å². The first-order chi connectivity index (χ1) is 7.25. The van der Waals surface area contributed by atoms with Crippen LogP contribution in [0.3, 0.4) is 0 Å². The van der Waals surface area contributed by atoms with Gasteiger partial charge in [0.2, 0.25) is 0 Å². The SMILES string of the molecule is Fc1cc(CN2CC[CH]CC2)ccc1Cl. The van der Waals surface area contributed by atoms with Crippen LogP contribution in [-0.2, 0) is 6.54 Å². The molecule has 1 radical (unpaired) electrons. The van der Waals surface area contributed by atoms with Crippen LogP contribution in [-0.4, -0.2) is 18.0 Å². The van der Waals surface area contributed by atoms with Gasteiger partial charge in [-0.3, -0.25) is 4.90 Å². The van der Waals surface area contributed by atoms with E-state index in [0.717, 1.165) is 38.0 Å². The molecule has 0 amide bonds. The smallest absolute Gasteiger partial charge is 0.142 e. The number of halogens is 2. The third kappa shape index (κ3) is 2.93. The predicted octanol–water partition coefficient (Wildman–Crippen LogP) is 3.28. The fraction of sp³-hybridized carbons (Fsp3) is 0.417. The molecule has 1 fully saturated rings. The molecule has 15 heavy (non-hydrogen) atoms. The Morgan fingerprint density at radius 2 is 2.00 bits per heavy atom. The molecule has 0 aromatic heterocycles. The molecule has 1 aliphatic heterocycles. The lowest BCUT2D eigenvalue weighted by molar-refractivity contribution is 0.246. The third-order valence-electron chi connectivity index (χ3n) is 2.69. The zero-order chi connectivity index (χ0) is 10.7. The van der Waals surface area contributed by atoms with E-state index < -0.39 is 0 Å². The van der Waals surface area contributed by atoms with E-state index in [9.17, 15) is 4.39 Å². The minimum atomic E-state index is -0.322. The van der Waals surface area contributed by atoms with Gasteiger partial charge in [0.05, 0.1) is 5.02 Å². The van der Waals surface area contributed by atoms with Crippen LogP contribution < -0.4 is 0 Å². The first-order valence-electron chi connectivity index (χ1n) is 5.23. The molecule has 1 heterocycles. The van der Waals surface area contributed by atoms with Crippen LogP contribution in [0.5, 0.6) is 0 Å². The summed E-state index contributed by atoms with van der Waals surface area (Å²) in [6.45, 7) is 2.97. The van der Waals surface area contributed by atoms with E-state index in [1.165, 1.54) is 6.07 Å². The summed E-state index contributed by atoms with van der Waals surface area (Å²) in [6.07, 6.45) is 4.57. The van der Waals surface area contributed by atoms with E-state index in [2.05, 4.69) is 11.3 Å². The summed E-state index contributed by atoms with van der Waals surface area (Å²) in [5, 5.41) is 0.200.